The Kier molecular flexibility index (Phi) is 9.66. The van der Waals surface area contributed by atoms with Gasteiger partial charge >= 0.3 is 0 Å². The Hall–Kier alpha value is -2.27. The summed E-state index contributed by atoms with van der Waals surface area (Å²) >= 11 is 2.41. The standard InChI is InChI=1S/C29H33IO2/c1-3-4-7-16-28(21-22-30)32-29(25-12-8-5-9-13-25,26-14-10-6-11-15-26)23-24-17-19-27(31-2)20-18-24/h5-6,8-15,17-21H,3-4,7,16,22-23H2,1-2H3. The van der Waals surface area contributed by atoms with Crippen molar-refractivity contribution in [1.82, 2.24) is 0 Å². The number of allylic oxidation sites excluding steroid dienone is 2. The topological polar surface area (TPSA) is 18.5 Å². The van der Waals surface area contributed by atoms with Gasteiger partial charge in [-0.15, -0.1) is 0 Å². The molecule has 0 unspecified atom stereocenters. The minimum atomic E-state index is -0.610. The molecule has 0 atom stereocenters. The summed E-state index contributed by atoms with van der Waals surface area (Å²) in [6.45, 7) is 2.24. The molecule has 0 radical (unpaired) electrons. The van der Waals surface area contributed by atoms with Gasteiger partial charge in [0.25, 0.3) is 0 Å². The molecule has 3 aromatic carbocycles. The van der Waals surface area contributed by atoms with Crippen molar-refractivity contribution in [3.63, 3.8) is 0 Å². The van der Waals surface area contributed by atoms with Crippen molar-refractivity contribution in [2.24, 2.45) is 0 Å². The summed E-state index contributed by atoms with van der Waals surface area (Å²) in [5.74, 6) is 1.94. The predicted molar refractivity (Wildman–Crippen MR) is 143 cm³/mol. The Labute approximate surface area is 206 Å². The van der Waals surface area contributed by atoms with Crippen LogP contribution in [-0.4, -0.2) is 11.5 Å². The van der Waals surface area contributed by atoms with Crippen LogP contribution in [0.5, 0.6) is 5.75 Å². The summed E-state index contributed by atoms with van der Waals surface area (Å²) in [6.07, 6.45) is 7.49. The maximum Gasteiger partial charge on any atom is 0.162 e. The number of hydrogen-bond donors (Lipinski definition) is 0. The number of ether oxygens (including phenoxy) is 2. The van der Waals surface area contributed by atoms with Gasteiger partial charge in [-0.05, 0) is 30.2 Å². The molecule has 0 aliphatic carbocycles. The molecule has 0 saturated carbocycles. The Morgan fingerprint density at radius 2 is 1.44 bits per heavy atom. The smallest absolute Gasteiger partial charge is 0.162 e. The number of benzene rings is 3. The molecule has 0 aromatic heterocycles. The minimum absolute atomic E-state index is 0.610. The van der Waals surface area contributed by atoms with Crippen molar-refractivity contribution in [1.29, 1.82) is 0 Å². The van der Waals surface area contributed by atoms with E-state index in [-0.39, 0.29) is 0 Å². The molecule has 3 heteroatoms. The van der Waals surface area contributed by atoms with E-state index in [9.17, 15) is 0 Å². The second-order valence-electron chi connectivity index (χ2n) is 7.97. The van der Waals surface area contributed by atoms with Crippen molar-refractivity contribution in [2.75, 3.05) is 11.5 Å². The molecule has 0 fully saturated rings. The molecule has 0 N–H and O–H groups in total. The summed E-state index contributed by atoms with van der Waals surface area (Å²) in [7, 11) is 1.70. The Balaban J connectivity index is 2.10. The maximum absolute atomic E-state index is 7.08. The molecule has 0 heterocycles. The largest absolute Gasteiger partial charge is 0.497 e. The maximum atomic E-state index is 7.08. The van der Waals surface area contributed by atoms with E-state index in [1.54, 1.807) is 7.11 Å². The average Bonchev–Trinajstić information content (AvgIpc) is 2.85. The molecule has 2 nitrogen and oxygen atoms in total. The number of rotatable bonds is 12. The second-order valence-corrected chi connectivity index (χ2v) is 8.85. The lowest BCUT2D eigenvalue weighted by Crippen LogP contribution is -2.34. The Morgan fingerprint density at radius 3 is 1.94 bits per heavy atom. The molecule has 3 aromatic rings. The van der Waals surface area contributed by atoms with Crippen LogP contribution in [0.4, 0.5) is 0 Å². The van der Waals surface area contributed by atoms with Crippen LogP contribution in [0.15, 0.2) is 96.8 Å². The highest BCUT2D eigenvalue weighted by Crippen LogP contribution is 2.40. The Bertz CT molecular complexity index is 910. The Morgan fingerprint density at radius 1 is 0.844 bits per heavy atom. The number of alkyl halides is 1. The van der Waals surface area contributed by atoms with E-state index >= 15 is 0 Å². The number of methoxy groups -OCH3 is 1. The summed E-state index contributed by atoms with van der Waals surface area (Å²) in [5, 5.41) is 0. The van der Waals surface area contributed by atoms with Gasteiger partial charge in [0, 0.05) is 28.4 Å². The van der Waals surface area contributed by atoms with Gasteiger partial charge in [-0.1, -0.05) is 115 Å². The average molecular weight is 540 g/mol. The van der Waals surface area contributed by atoms with E-state index in [2.05, 4.69) is 108 Å². The van der Waals surface area contributed by atoms with Crippen molar-refractivity contribution in [3.05, 3.63) is 113 Å². The summed E-state index contributed by atoms with van der Waals surface area (Å²) < 4.78 is 13.4. The molecular weight excluding hydrogens is 507 g/mol. The quantitative estimate of drug-likeness (QED) is 0.100. The highest BCUT2D eigenvalue weighted by atomic mass is 127. The fourth-order valence-corrected chi connectivity index (χ4v) is 4.52. The molecule has 0 amide bonds. The first-order chi connectivity index (χ1) is 15.7. The van der Waals surface area contributed by atoms with E-state index in [4.69, 9.17) is 9.47 Å². The van der Waals surface area contributed by atoms with Crippen molar-refractivity contribution in [2.45, 2.75) is 44.6 Å². The van der Waals surface area contributed by atoms with Crippen molar-refractivity contribution in [3.8, 4) is 5.75 Å². The lowest BCUT2D eigenvalue weighted by atomic mass is 9.80. The first-order valence-corrected chi connectivity index (χ1v) is 12.9. The second kappa shape index (κ2) is 12.7. The zero-order valence-electron chi connectivity index (χ0n) is 19.1. The van der Waals surface area contributed by atoms with E-state index in [0.717, 1.165) is 46.3 Å². The van der Waals surface area contributed by atoms with Gasteiger partial charge in [-0.3, -0.25) is 0 Å². The van der Waals surface area contributed by atoms with Gasteiger partial charge in [0.15, 0.2) is 5.60 Å². The van der Waals surface area contributed by atoms with E-state index < -0.39 is 5.60 Å². The lowest BCUT2D eigenvalue weighted by Gasteiger charge is -2.37. The molecular formula is C29H33IO2. The summed E-state index contributed by atoms with van der Waals surface area (Å²) in [4.78, 5) is 0. The van der Waals surface area contributed by atoms with Crippen LogP contribution in [0.3, 0.4) is 0 Å². The lowest BCUT2D eigenvalue weighted by molar-refractivity contribution is 0.0287. The molecule has 168 valence electrons. The normalized spacial score (nSPS) is 11.9. The van der Waals surface area contributed by atoms with Gasteiger partial charge in [0.05, 0.1) is 12.9 Å². The summed E-state index contributed by atoms with van der Waals surface area (Å²) in [5.41, 5.74) is 2.93. The monoisotopic (exact) mass is 540 g/mol. The first-order valence-electron chi connectivity index (χ1n) is 11.4. The van der Waals surface area contributed by atoms with Crippen LogP contribution < -0.4 is 4.74 Å². The van der Waals surface area contributed by atoms with Crippen LogP contribution >= 0.6 is 22.6 Å². The molecule has 0 bridgehead atoms. The number of halogens is 1. The third-order valence-corrected chi connectivity index (χ3v) is 6.17. The van der Waals surface area contributed by atoms with Gasteiger partial charge in [0.2, 0.25) is 0 Å². The first kappa shape index (κ1) is 24.4. The molecule has 3 rings (SSSR count). The highest BCUT2D eigenvalue weighted by Gasteiger charge is 2.37. The van der Waals surface area contributed by atoms with Gasteiger partial charge in [0.1, 0.15) is 5.75 Å². The molecule has 32 heavy (non-hydrogen) atoms. The van der Waals surface area contributed by atoms with Gasteiger partial charge < -0.3 is 9.47 Å². The van der Waals surface area contributed by atoms with Gasteiger partial charge in [-0.2, -0.15) is 0 Å². The van der Waals surface area contributed by atoms with Crippen LogP contribution in [0.2, 0.25) is 0 Å². The highest BCUT2D eigenvalue weighted by molar-refractivity contribution is 14.1. The number of unbranched alkanes of at least 4 members (excludes halogenated alkanes) is 2. The third kappa shape index (κ3) is 6.38. The van der Waals surface area contributed by atoms with Crippen LogP contribution in [0.1, 0.15) is 49.3 Å². The number of hydrogen-bond acceptors (Lipinski definition) is 2. The third-order valence-electron chi connectivity index (χ3n) is 5.73. The fraction of sp³-hybridized carbons (Fsp3) is 0.310. The van der Waals surface area contributed by atoms with Crippen LogP contribution in [-0.2, 0) is 16.8 Å². The van der Waals surface area contributed by atoms with Crippen molar-refractivity contribution < 1.29 is 9.47 Å². The zero-order chi connectivity index (χ0) is 22.7. The minimum Gasteiger partial charge on any atom is -0.497 e. The summed E-state index contributed by atoms with van der Waals surface area (Å²) in [6, 6.07) is 29.6. The van der Waals surface area contributed by atoms with Crippen molar-refractivity contribution >= 4 is 22.6 Å². The molecule has 0 saturated heterocycles. The van der Waals surface area contributed by atoms with E-state index in [0.29, 0.717) is 0 Å². The zero-order valence-corrected chi connectivity index (χ0v) is 21.3. The predicted octanol–water partition coefficient (Wildman–Crippen LogP) is 8.10. The fourth-order valence-electron chi connectivity index (χ4n) is 4.02. The van der Waals surface area contributed by atoms with Crippen LogP contribution in [0, 0.1) is 0 Å². The SMILES string of the molecule is CCCCCC(=CCI)OC(Cc1ccc(OC)cc1)(c1ccccc1)c1ccccc1. The van der Waals surface area contributed by atoms with E-state index in [1.165, 1.54) is 18.4 Å². The molecule has 0 spiro atoms. The molecule has 0 aliphatic heterocycles. The van der Waals surface area contributed by atoms with Crippen LogP contribution in [0.25, 0.3) is 0 Å². The van der Waals surface area contributed by atoms with E-state index in [1.807, 2.05) is 12.1 Å². The molecule has 0 aliphatic rings. The van der Waals surface area contributed by atoms with Gasteiger partial charge in [-0.25, -0.2) is 0 Å².